The maximum atomic E-state index is 9.80. The van der Waals surface area contributed by atoms with Gasteiger partial charge in [-0.2, -0.15) is 0 Å². The zero-order valence-electron chi connectivity index (χ0n) is 14.2. The summed E-state index contributed by atoms with van der Waals surface area (Å²) in [5.41, 5.74) is 0. The van der Waals surface area contributed by atoms with E-state index in [1.807, 2.05) is 0 Å². The van der Waals surface area contributed by atoms with Crippen LogP contribution in [0, 0.1) is 5.92 Å². The Hall–Kier alpha value is -0.160. The van der Waals surface area contributed by atoms with E-state index in [4.69, 9.17) is 4.74 Å². The summed E-state index contributed by atoms with van der Waals surface area (Å²) in [4.78, 5) is 2.45. The maximum Gasteiger partial charge on any atom is 0.0897 e. The van der Waals surface area contributed by atoms with Crippen molar-refractivity contribution in [2.24, 2.45) is 5.92 Å². The average Bonchev–Trinajstić information content (AvgIpc) is 2.41. The van der Waals surface area contributed by atoms with E-state index >= 15 is 0 Å². The first-order valence-corrected chi connectivity index (χ1v) is 8.21. The Morgan fingerprint density at radius 1 is 1.10 bits per heavy atom. The summed E-state index contributed by atoms with van der Waals surface area (Å²) in [5.74, 6) is 0.522. The molecular weight excluding hydrogens is 252 g/mol. The molecule has 0 heterocycles. The monoisotopic (exact) mass is 288 g/mol. The average molecular weight is 288 g/mol. The van der Waals surface area contributed by atoms with E-state index in [9.17, 15) is 5.11 Å². The predicted octanol–water partition coefficient (Wildman–Crippen LogP) is 2.12. The number of hydrogen-bond donors (Lipinski definition) is 2. The molecule has 0 rings (SSSR count). The second-order valence-electron chi connectivity index (χ2n) is 6.06. The Bertz CT molecular complexity index is 209. The largest absolute Gasteiger partial charge is 0.389 e. The van der Waals surface area contributed by atoms with E-state index in [0.717, 1.165) is 26.1 Å². The van der Waals surface area contributed by atoms with Gasteiger partial charge in [0, 0.05) is 19.2 Å². The Balaban J connectivity index is 3.53. The van der Waals surface area contributed by atoms with Gasteiger partial charge in [0.15, 0.2) is 0 Å². The summed E-state index contributed by atoms with van der Waals surface area (Å²) in [5, 5.41) is 13.2. The van der Waals surface area contributed by atoms with Crippen molar-refractivity contribution >= 4 is 0 Å². The number of nitrogens with one attached hydrogen (secondary N) is 1. The first-order chi connectivity index (χ1) is 9.49. The van der Waals surface area contributed by atoms with E-state index in [1.54, 1.807) is 0 Å². The molecule has 0 radical (unpaired) electrons. The molecule has 20 heavy (non-hydrogen) atoms. The van der Waals surface area contributed by atoms with E-state index < -0.39 is 6.10 Å². The smallest absolute Gasteiger partial charge is 0.0897 e. The molecule has 0 aliphatic carbocycles. The van der Waals surface area contributed by atoms with Crippen LogP contribution in [0.25, 0.3) is 0 Å². The van der Waals surface area contributed by atoms with Crippen molar-refractivity contribution in [1.29, 1.82) is 0 Å². The molecule has 4 heteroatoms. The lowest BCUT2D eigenvalue weighted by Gasteiger charge is -2.21. The maximum absolute atomic E-state index is 9.80. The van der Waals surface area contributed by atoms with Gasteiger partial charge in [-0.15, -0.1) is 0 Å². The van der Waals surface area contributed by atoms with Crippen LogP contribution in [0.1, 0.15) is 47.5 Å². The fourth-order valence-electron chi connectivity index (χ4n) is 2.10. The number of aliphatic hydroxyl groups is 1. The highest BCUT2D eigenvalue weighted by Crippen LogP contribution is 2.00. The van der Waals surface area contributed by atoms with Crippen molar-refractivity contribution in [1.82, 2.24) is 10.2 Å². The minimum absolute atomic E-state index is 0.404. The molecule has 4 nitrogen and oxygen atoms in total. The molecule has 2 unspecified atom stereocenters. The number of aliphatic hydroxyl groups excluding tert-OH is 1. The zero-order valence-corrected chi connectivity index (χ0v) is 14.2. The van der Waals surface area contributed by atoms with Gasteiger partial charge in [-0.25, -0.2) is 0 Å². The molecular formula is C16H36N2O2. The lowest BCUT2D eigenvalue weighted by Crippen LogP contribution is -2.36. The molecule has 0 fully saturated rings. The fraction of sp³-hybridized carbons (Fsp3) is 1.00. The van der Waals surface area contributed by atoms with Crippen LogP contribution in [-0.4, -0.2) is 61.5 Å². The third-order valence-corrected chi connectivity index (χ3v) is 3.47. The highest BCUT2D eigenvalue weighted by Gasteiger charge is 2.08. The molecule has 0 bridgehead atoms. The molecule has 0 saturated carbocycles. The Morgan fingerprint density at radius 3 is 2.30 bits per heavy atom. The highest BCUT2D eigenvalue weighted by atomic mass is 16.5. The molecule has 0 spiro atoms. The van der Waals surface area contributed by atoms with Crippen molar-refractivity contribution in [2.75, 3.05) is 39.4 Å². The van der Waals surface area contributed by atoms with E-state index in [0.29, 0.717) is 25.1 Å². The quantitative estimate of drug-likeness (QED) is 0.545. The van der Waals surface area contributed by atoms with E-state index in [-0.39, 0.29) is 0 Å². The SMILES string of the molecule is CCN(CC)CCCC(C)NCC(O)COCC(C)C. The molecule has 0 aliphatic rings. The second kappa shape index (κ2) is 12.6. The minimum atomic E-state index is -0.404. The van der Waals surface area contributed by atoms with Gasteiger partial charge in [0.1, 0.15) is 0 Å². The fourth-order valence-corrected chi connectivity index (χ4v) is 2.10. The van der Waals surface area contributed by atoms with Crippen molar-refractivity contribution in [3.63, 3.8) is 0 Å². The molecule has 0 aromatic carbocycles. The number of ether oxygens (including phenoxy) is 1. The topological polar surface area (TPSA) is 44.7 Å². The van der Waals surface area contributed by atoms with Crippen molar-refractivity contribution in [3.8, 4) is 0 Å². The van der Waals surface area contributed by atoms with Crippen LogP contribution in [0.3, 0.4) is 0 Å². The standard InChI is InChI=1S/C16H36N2O2/c1-6-18(7-2)10-8-9-15(5)17-11-16(19)13-20-12-14(3)4/h14-17,19H,6-13H2,1-5H3. The number of nitrogens with zero attached hydrogens (tertiary/aromatic N) is 1. The third-order valence-electron chi connectivity index (χ3n) is 3.47. The van der Waals surface area contributed by atoms with Gasteiger partial charge < -0.3 is 20.1 Å². The Labute approximate surface area is 125 Å². The van der Waals surface area contributed by atoms with Gasteiger partial charge in [0.25, 0.3) is 0 Å². The summed E-state index contributed by atoms with van der Waals surface area (Å²) in [6, 6.07) is 0.449. The highest BCUT2D eigenvalue weighted by molar-refractivity contribution is 4.66. The molecule has 0 saturated heterocycles. The number of rotatable bonds is 13. The van der Waals surface area contributed by atoms with Gasteiger partial charge in [0.2, 0.25) is 0 Å². The van der Waals surface area contributed by atoms with E-state index in [1.165, 1.54) is 13.0 Å². The lowest BCUT2D eigenvalue weighted by atomic mass is 10.1. The molecule has 2 atom stereocenters. The van der Waals surface area contributed by atoms with Crippen LogP contribution in [-0.2, 0) is 4.74 Å². The van der Waals surface area contributed by atoms with Gasteiger partial charge in [-0.05, 0) is 45.3 Å². The summed E-state index contributed by atoms with van der Waals surface area (Å²) < 4.78 is 5.43. The Kier molecular flexibility index (Phi) is 12.5. The molecule has 2 N–H and O–H groups in total. The van der Waals surface area contributed by atoms with Gasteiger partial charge in [-0.3, -0.25) is 0 Å². The molecule has 0 amide bonds. The van der Waals surface area contributed by atoms with Crippen LogP contribution in [0.15, 0.2) is 0 Å². The normalized spacial score (nSPS) is 15.0. The van der Waals surface area contributed by atoms with Crippen LogP contribution in [0.2, 0.25) is 0 Å². The third kappa shape index (κ3) is 11.6. The van der Waals surface area contributed by atoms with Crippen molar-refractivity contribution < 1.29 is 9.84 Å². The van der Waals surface area contributed by atoms with E-state index in [2.05, 4.69) is 44.8 Å². The molecule has 0 aromatic rings. The molecule has 0 aromatic heterocycles. The second-order valence-corrected chi connectivity index (χ2v) is 6.06. The summed E-state index contributed by atoms with van der Waals surface area (Å²) in [6.07, 6.45) is 1.95. The van der Waals surface area contributed by atoms with Crippen molar-refractivity contribution in [3.05, 3.63) is 0 Å². The van der Waals surface area contributed by atoms with Gasteiger partial charge in [-0.1, -0.05) is 27.7 Å². The number of hydrogen-bond acceptors (Lipinski definition) is 4. The summed E-state index contributed by atoms with van der Waals surface area (Å²) >= 11 is 0. The zero-order chi connectivity index (χ0) is 15.4. The predicted molar refractivity (Wildman–Crippen MR) is 86.2 cm³/mol. The van der Waals surface area contributed by atoms with Crippen molar-refractivity contribution in [2.45, 2.75) is 59.6 Å². The van der Waals surface area contributed by atoms with Crippen LogP contribution >= 0.6 is 0 Å². The summed E-state index contributed by atoms with van der Waals surface area (Å²) in [7, 11) is 0. The minimum Gasteiger partial charge on any atom is -0.389 e. The molecule has 122 valence electrons. The Morgan fingerprint density at radius 2 is 1.75 bits per heavy atom. The van der Waals surface area contributed by atoms with Gasteiger partial charge in [0.05, 0.1) is 12.7 Å². The van der Waals surface area contributed by atoms with Crippen LogP contribution < -0.4 is 5.32 Å². The first-order valence-electron chi connectivity index (χ1n) is 8.21. The summed E-state index contributed by atoms with van der Waals surface area (Å²) in [6.45, 7) is 16.0. The first kappa shape index (κ1) is 19.8. The van der Waals surface area contributed by atoms with Crippen LogP contribution in [0.5, 0.6) is 0 Å². The van der Waals surface area contributed by atoms with Gasteiger partial charge >= 0.3 is 0 Å². The lowest BCUT2D eigenvalue weighted by molar-refractivity contribution is 0.0250. The van der Waals surface area contributed by atoms with Crippen LogP contribution in [0.4, 0.5) is 0 Å². The molecule has 0 aliphatic heterocycles.